The molecule has 0 amide bonds. The number of fused-ring (bicyclic) bond motifs is 1. The van der Waals surface area contributed by atoms with Crippen molar-refractivity contribution in [3.05, 3.63) is 88.3 Å². The standard InChI is InChI=1S/C19H17N5O/c1-13-12-16(25)24-17(14-8-4-2-5-9-14)22-18(23-19(24)20-13)21-15-10-6-3-7-11-15/h2-12,17H,1H3,(H2,20,21,22,23)/p+1/t17-/m0/s1. The van der Waals surface area contributed by atoms with E-state index >= 15 is 0 Å². The van der Waals surface area contributed by atoms with E-state index in [-0.39, 0.29) is 11.7 Å². The van der Waals surface area contributed by atoms with E-state index < -0.39 is 0 Å². The molecule has 1 atom stereocenters. The largest absolute Gasteiger partial charge is 0.357 e. The predicted octanol–water partition coefficient (Wildman–Crippen LogP) is 1.07. The summed E-state index contributed by atoms with van der Waals surface area (Å²) in [5.74, 6) is 1.19. The van der Waals surface area contributed by atoms with E-state index in [0.717, 1.165) is 11.3 Å². The third-order valence-corrected chi connectivity index (χ3v) is 4.01. The van der Waals surface area contributed by atoms with Crippen LogP contribution in [0.1, 0.15) is 17.4 Å². The zero-order valence-electron chi connectivity index (χ0n) is 13.7. The average Bonchev–Trinajstić information content (AvgIpc) is 2.62. The van der Waals surface area contributed by atoms with Gasteiger partial charge in [0.15, 0.2) is 6.17 Å². The maximum atomic E-state index is 12.5. The maximum absolute atomic E-state index is 12.5. The van der Waals surface area contributed by atoms with Crippen molar-refractivity contribution >= 4 is 17.6 Å². The van der Waals surface area contributed by atoms with Crippen molar-refractivity contribution < 1.29 is 4.99 Å². The average molecular weight is 332 g/mol. The highest BCUT2D eigenvalue weighted by Crippen LogP contribution is 2.16. The highest BCUT2D eigenvalue weighted by molar-refractivity contribution is 5.99. The molecule has 1 aromatic heterocycles. The summed E-state index contributed by atoms with van der Waals surface area (Å²) in [5.41, 5.74) is 2.49. The van der Waals surface area contributed by atoms with Crippen LogP contribution in [-0.2, 0) is 0 Å². The fourth-order valence-electron chi connectivity index (χ4n) is 2.89. The van der Waals surface area contributed by atoms with Crippen molar-refractivity contribution in [2.45, 2.75) is 13.1 Å². The molecular weight excluding hydrogens is 314 g/mol. The molecule has 1 aliphatic heterocycles. The van der Waals surface area contributed by atoms with E-state index in [0.29, 0.717) is 17.6 Å². The molecule has 3 aromatic rings. The van der Waals surface area contributed by atoms with Gasteiger partial charge < -0.3 is 0 Å². The van der Waals surface area contributed by atoms with Crippen LogP contribution in [0, 0.1) is 6.92 Å². The first-order valence-corrected chi connectivity index (χ1v) is 8.08. The summed E-state index contributed by atoms with van der Waals surface area (Å²) in [4.78, 5) is 20.4. The van der Waals surface area contributed by atoms with Crippen LogP contribution in [0.3, 0.4) is 0 Å². The highest BCUT2D eigenvalue weighted by Gasteiger charge is 2.28. The lowest BCUT2D eigenvalue weighted by Gasteiger charge is -2.23. The number of hydrogen-bond donors (Lipinski definition) is 3. The van der Waals surface area contributed by atoms with Crippen LogP contribution in [0.2, 0.25) is 0 Å². The molecular formula is C19H18N5O+. The molecule has 124 valence electrons. The molecule has 0 saturated carbocycles. The van der Waals surface area contributed by atoms with Crippen LogP contribution in [0.25, 0.3) is 0 Å². The second-order valence-electron chi connectivity index (χ2n) is 5.88. The lowest BCUT2D eigenvalue weighted by molar-refractivity contribution is -0.520. The molecule has 25 heavy (non-hydrogen) atoms. The van der Waals surface area contributed by atoms with Gasteiger partial charge in [0.2, 0.25) is 0 Å². The Morgan fingerprint density at radius 3 is 2.48 bits per heavy atom. The third kappa shape index (κ3) is 3.01. The van der Waals surface area contributed by atoms with Crippen LogP contribution in [0.15, 0.2) is 71.5 Å². The Morgan fingerprint density at radius 1 is 1.08 bits per heavy atom. The van der Waals surface area contributed by atoms with E-state index in [9.17, 15) is 4.79 Å². The summed E-state index contributed by atoms with van der Waals surface area (Å²) in [6, 6.07) is 21.2. The smallest absolute Gasteiger partial charge is 0.269 e. The first-order chi connectivity index (χ1) is 12.2. The Labute approximate surface area is 144 Å². The van der Waals surface area contributed by atoms with Crippen molar-refractivity contribution in [2.75, 3.05) is 10.6 Å². The van der Waals surface area contributed by atoms with E-state index in [1.54, 1.807) is 10.6 Å². The first-order valence-electron chi connectivity index (χ1n) is 8.08. The number of hydrogen-bond acceptors (Lipinski definition) is 4. The second-order valence-corrected chi connectivity index (χ2v) is 5.88. The summed E-state index contributed by atoms with van der Waals surface area (Å²) in [6.45, 7) is 1.81. The molecule has 1 aliphatic rings. The van der Waals surface area contributed by atoms with Gasteiger partial charge in [-0.2, -0.15) is 0 Å². The molecule has 3 N–H and O–H groups in total. The lowest BCUT2D eigenvalue weighted by atomic mass is 10.1. The third-order valence-electron chi connectivity index (χ3n) is 4.01. The summed E-state index contributed by atoms with van der Waals surface area (Å²) < 4.78 is 1.62. The van der Waals surface area contributed by atoms with Gasteiger partial charge in [0, 0.05) is 17.3 Å². The number of benzene rings is 2. The Balaban J connectivity index is 1.81. The normalized spacial score (nSPS) is 15.7. The molecule has 0 spiro atoms. The number of aromatic nitrogens is 2. The number of aryl methyl sites for hydroxylation is 1. The van der Waals surface area contributed by atoms with Gasteiger partial charge in [-0.15, -0.1) is 0 Å². The second kappa shape index (κ2) is 6.24. The minimum Gasteiger partial charge on any atom is -0.269 e. The monoisotopic (exact) mass is 332 g/mol. The Morgan fingerprint density at radius 2 is 1.76 bits per heavy atom. The number of nitrogens with zero attached hydrogens (tertiary/aromatic N) is 2. The Hall–Kier alpha value is -3.41. The zero-order chi connectivity index (χ0) is 17.2. The van der Waals surface area contributed by atoms with Crippen molar-refractivity contribution in [1.29, 1.82) is 0 Å². The molecule has 0 unspecified atom stereocenters. The zero-order valence-corrected chi connectivity index (χ0v) is 13.7. The van der Waals surface area contributed by atoms with Crippen molar-refractivity contribution in [3.8, 4) is 0 Å². The number of anilines is 2. The number of rotatable bonds is 2. The molecule has 0 bridgehead atoms. The van der Waals surface area contributed by atoms with Gasteiger partial charge in [0.25, 0.3) is 11.5 Å². The van der Waals surface area contributed by atoms with Gasteiger partial charge in [-0.05, 0) is 19.1 Å². The van der Waals surface area contributed by atoms with Crippen LogP contribution in [-0.4, -0.2) is 15.5 Å². The molecule has 2 aromatic carbocycles. The topological polar surface area (TPSA) is 72.9 Å². The van der Waals surface area contributed by atoms with Gasteiger partial charge in [-0.25, -0.2) is 20.2 Å². The fraction of sp³-hybridized carbons (Fsp3) is 0.105. The minimum absolute atomic E-state index is 0.102. The molecule has 0 saturated heterocycles. The van der Waals surface area contributed by atoms with E-state index in [4.69, 9.17) is 0 Å². The van der Waals surface area contributed by atoms with Gasteiger partial charge in [0.05, 0.1) is 5.69 Å². The summed E-state index contributed by atoms with van der Waals surface area (Å²) in [7, 11) is 0. The SMILES string of the molecule is Cc1cc(=O)n2c(n1)NC(Nc1ccccc1)=[NH+][C@@H]2c1ccccc1. The first kappa shape index (κ1) is 15.1. The molecule has 2 heterocycles. The van der Waals surface area contributed by atoms with Crippen LogP contribution in [0.4, 0.5) is 11.6 Å². The number of nitrogens with one attached hydrogen (secondary N) is 3. The lowest BCUT2D eigenvalue weighted by Crippen LogP contribution is -2.82. The molecule has 4 rings (SSSR count). The van der Waals surface area contributed by atoms with Gasteiger partial charge in [-0.1, -0.05) is 48.5 Å². The predicted molar refractivity (Wildman–Crippen MR) is 97.5 cm³/mol. The molecule has 0 aliphatic carbocycles. The molecule has 0 fully saturated rings. The van der Waals surface area contributed by atoms with Gasteiger partial charge >= 0.3 is 5.96 Å². The fourth-order valence-corrected chi connectivity index (χ4v) is 2.89. The van der Waals surface area contributed by atoms with Gasteiger partial charge in [-0.3, -0.25) is 9.79 Å². The van der Waals surface area contributed by atoms with E-state index in [1.807, 2.05) is 67.6 Å². The van der Waals surface area contributed by atoms with Gasteiger partial charge in [0.1, 0.15) is 0 Å². The van der Waals surface area contributed by atoms with Crippen molar-refractivity contribution in [3.63, 3.8) is 0 Å². The Bertz CT molecular complexity index is 980. The van der Waals surface area contributed by atoms with Crippen molar-refractivity contribution in [1.82, 2.24) is 9.55 Å². The van der Waals surface area contributed by atoms with E-state index in [2.05, 4.69) is 20.6 Å². The summed E-state index contributed by atoms with van der Waals surface area (Å²) >= 11 is 0. The summed E-state index contributed by atoms with van der Waals surface area (Å²) in [6.07, 6.45) is -0.343. The summed E-state index contributed by atoms with van der Waals surface area (Å²) in [5, 5.41) is 6.47. The highest BCUT2D eigenvalue weighted by atomic mass is 16.1. The quantitative estimate of drug-likeness (QED) is 0.656. The molecule has 6 nitrogen and oxygen atoms in total. The number of guanidine groups is 1. The van der Waals surface area contributed by atoms with Crippen LogP contribution < -0.4 is 21.2 Å². The molecule has 0 radical (unpaired) electrons. The Kier molecular flexibility index (Phi) is 3.78. The number of para-hydroxylation sites is 1. The van der Waals surface area contributed by atoms with Crippen LogP contribution in [0.5, 0.6) is 0 Å². The van der Waals surface area contributed by atoms with Crippen molar-refractivity contribution in [2.24, 2.45) is 0 Å². The minimum atomic E-state index is -0.343. The molecule has 6 heteroatoms. The van der Waals surface area contributed by atoms with Crippen LogP contribution >= 0.6 is 0 Å². The maximum Gasteiger partial charge on any atom is 0.357 e. The van der Waals surface area contributed by atoms with E-state index in [1.165, 1.54) is 0 Å².